The van der Waals surface area contributed by atoms with Crippen LogP contribution < -0.4 is 5.32 Å². The Labute approximate surface area is 128 Å². The molecule has 1 aliphatic rings. The van der Waals surface area contributed by atoms with Crippen molar-refractivity contribution in [3.05, 3.63) is 11.6 Å². The summed E-state index contributed by atoms with van der Waals surface area (Å²) < 4.78 is 7.27. The Morgan fingerprint density at radius 3 is 2.95 bits per heavy atom. The molecule has 3 rings (SSSR count). The van der Waals surface area contributed by atoms with Crippen LogP contribution in [-0.2, 0) is 4.74 Å². The van der Waals surface area contributed by atoms with Crippen LogP contribution in [0.25, 0.3) is 11.2 Å². The summed E-state index contributed by atoms with van der Waals surface area (Å²) in [5.74, 6) is 0.769. The number of halogens is 1. The fourth-order valence-corrected chi connectivity index (χ4v) is 3.09. The minimum atomic E-state index is 0.230. The maximum atomic E-state index is 6.00. The predicted octanol–water partition coefficient (Wildman–Crippen LogP) is 3.04. The van der Waals surface area contributed by atoms with E-state index in [1.165, 1.54) is 25.7 Å². The zero-order chi connectivity index (χ0) is 14.7. The van der Waals surface area contributed by atoms with E-state index in [1.54, 1.807) is 7.11 Å². The molecule has 21 heavy (non-hydrogen) atoms. The zero-order valence-corrected chi connectivity index (χ0v) is 12.9. The van der Waals surface area contributed by atoms with Crippen LogP contribution in [-0.4, -0.2) is 39.8 Å². The number of rotatable bonds is 6. The summed E-state index contributed by atoms with van der Waals surface area (Å²) in [6, 6.07) is 0.499. The molecule has 1 aliphatic carbocycles. The highest BCUT2D eigenvalue weighted by Crippen LogP contribution is 2.33. The van der Waals surface area contributed by atoms with Crippen molar-refractivity contribution in [3.8, 4) is 0 Å². The van der Waals surface area contributed by atoms with Crippen LogP contribution in [0.15, 0.2) is 6.33 Å². The maximum absolute atomic E-state index is 6.00. The number of hydrogen-bond donors (Lipinski definition) is 1. The Morgan fingerprint density at radius 2 is 2.19 bits per heavy atom. The number of anilines is 1. The maximum Gasteiger partial charge on any atom is 0.226 e. The van der Waals surface area contributed by atoms with Gasteiger partial charge in [-0.2, -0.15) is 9.97 Å². The van der Waals surface area contributed by atoms with Crippen molar-refractivity contribution >= 4 is 28.6 Å². The van der Waals surface area contributed by atoms with E-state index in [-0.39, 0.29) is 5.28 Å². The lowest BCUT2D eigenvalue weighted by Crippen LogP contribution is -2.10. The lowest BCUT2D eigenvalue weighted by molar-refractivity contribution is 0.198. The first-order valence-electron chi connectivity index (χ1n) is 7.42. The van der Waals surface area contributed by atoms with E-state index < -0.39 is 0 Å². The van der Waals surface area contributed by atoms with E-state index >= 15 is 0 Å². The third-order valence-corrected chi connectivity index (χ3v) is 4.11. The average Bonchev–Trinajstić information content (AvgIpc) is 3.11. The molecule has 114 valence electrons. The zero-order valence-electron chi connectivity index (χ0n) is 12.2. The highest BCUT2D eigenvalue weighted by atomic mass is 35.5. The smallest absolute Gasteiger partial charge is 0.226 e. The molecule has 1 fully saturated rings. The highest BCUT2D eigenvalue weighted by molar-refractivity contribution is 6.28. The van der Waals surface area contributed by atoms with Gasteiger partial charge < -0.3 is 14.6 Å². The molecule has 0 aliphatic heterocycles. The molecule has 6 nitrogen and oxygen atoms in total. The molecule has 2 aromatic rings. The second kappa shape index (κ2) is 6.58. The Morgan fingerprint density at radius 1 is 1.38 bits per heavy atom. The van der Waals surface area contributed by atoms with Gasteiger partial charge in [0.05, 0.1) is 6.33 Å². The summed E-state index contributed by atoms with van der Waals surface area (Å²) in [6.45, 7) is 1.50. The number of nitrogens with one attached hydrogen (secondary N) is 1. The molecule has 0 atom stereocenters. The van der Waals surface area contributed by atoms with Crippen LogP contribution in [0, 0.1) is 0 Å². The summed E-state index contributed by atoms with van der Waals surface area (Å²) in [4.78, 5) is 13.0. The SMILES string of the molecule is COCCCNc1nc(Cl)nc2ncn(C3CCCC3)c12. The summed E-state index contributed by atoms with van der Waals surface area (Å²) in [5, 5.41) is 3.57. The number of ether oxygens (including phenoxy) is 1. The number of aromatic nitrogens is 4. The van der Waals surface area contributed by atoms with E-state index in [0.29, 0.717) is 11.7 Å². The van der Waals surface area contributed by atoms with Crippen molar-refractivity contribution in [1.82, 2.24) is 19.5 Å². The lowest BCUT2D eigenvalue weighted by Gasteiger charge is -2.14. The monoisotopic (exact) mass is 309 g/mol. The predicted molar refractivity (Wildman–Crippen MR) is 82.8 cm³/mol. The van der Waals surface area contributed by atoms with Crippen molar-refractivity contribution < 1.29 is 4.74 Å². The van der Waals surface area contributed by atoms with Gasteiger partial charge in [0, 0.05) is 26.3 Å². The van der Waals surface area contributed by atoms with Gasteiger partial charge in [-0.15, -0.1) is 0 Å². The van der Waals surface area contributed by atoms with Crippen molar-refractivity contribution in [3.63, 3.8) is 0 Å². The average molecular weight is 310 g/mol. The Bertz CT molecular complexity index is 609. The topological polar surface area (TPSA) is 64.9 Å². The van der Waals surface area contributed by atoms with Crippen molar-refractivity contribution in [2.24, 2.45) is 0 Å². The molecular weight excluding hydrogens is 290 g/mol. The van der Waals surface area contributed by atoms with E-state index in [9.17, 15) is 0 Å². The Balaban J connectivity index is 1.90. The standard InChI is InChI=1S/C14H20ClN5O/c1-21-8-4-7-16-12-11-13(19-14(15)18-12)17-9-20(11)10-5-2-3-6-10/h9-10H,2-8H2,1H3,(H,16,18,19). The number of hydrogen-bond acceptors (Lipinski definition) is 5. The molecule has 0 radical (unpaired) electrons. The molecular formula is C14H20ClN5O. The fourth-order valence-electron chi connectivity index (χ4n) is 2.92. The quantitative estimate of drug-likeness (QED) is 0.656. The Hall–Kier alpha value is -1.40. The number of nitrogens with zero attached hydrogens (tertiary/aromatic N) is 4. The number of fused-ring (bicyclic) bond motifs is 1. The first-order valence-corrected chi connectivity index (χ1v) is 7.80. The molecule has 2 aromatic heterocycles. The molecule has 1 saturated carbocycles. The van der Waals surface area contributed by atoms with Gasteiger partial charge in [-0.3, -0.25) is 0 Å². The molecule has 0 spiro atoms. The van der Waals surface area contributed by atoms with Crippen LogP contribution in [0.4, 0.5) is 5.82 Å². The minimum Gasteiger partial charge on any atom is -0.385 e. The van der Waals surface area contributed by atoms with Crippen LogP contribution in [0.1, 0.15) is 38.1 Å². The molecule has 7 heteroatoms. The van der Waals surface area contributed by atoms with Crippen LogP contribution in [0.3, 0.4) is 0 Å². The van der Waals surface area contributed by atoms with Crippen molar-refractivity contribution in [2.75, 3.05) is 25.6 Å². The van der Waals surface area contributed by atoms with Crippen LogP contribution in [0.5, 0.6) is 0 Å². The largest absolute Gasteiger partial charge is 0.385 e. The molecule has 1 N–H and O–H groups in total. The first-order chi connectivity index (χ1) is 10.3. The van der Waals surface area contributed by atoms with Crippen LogP contribution >= 0.6 is 11.6 Å². The second-order valence-electron chi connectivity index (χ2n) is 5.38. The van der Waals surface area contributed by atoms with Gasteiger partial charge in [0.2, 0.25) is 5.28 Å². The molecule has 0 amide bonds. The van der Waals surface area contributed by atoms with Gasteiger partial charge >= 0.3 is 0 Å². The molecule has 0 bridgehead atoms. The third-order valence-electron chi connectivity index (χ3n) is 3.94. The van der Waals surface area contributed by atoms with Gasteiger partial charge in [0.1, 0.15) is 5.52 Å². The third kappa shape index (κ3) is 3.11. The van der Waals surface area contributed by atoms with E-state index in [1.807, 2.05) is 6.33 Å². The molecule has 0 saturated heterocycles. The highest BCUT2D eigenvalue weighted by Gasteiger charge is 2.21. The summed E-state index contributed by atoms with van der Waals surface area (Å²) in [6.07, 6.45) is 7.71. The van der Waals surface area contributed by atoms with Crippen LogP contribution in [0.2, 0.25) is 5.28 Å². The summed E-state index contributed by atoms with van der Waals surface area (Å²) in [7, 11) is 1.70. The molecule has 2 heterocycles. The van der Waals surface area contributed by atoms with Crippen molar-refractivity contribution in [2.45, 2.75) is 38.1 Å². The normalized spacial score (nSPS) is 15.9. The van der Waals surface area contributed by atoms with Gasteiger partial charge in [-0.25, -0.2) is 4.98 Å². The van der Waals surface area contributed by atoms with Gasteiger partial charge in [0.15, 0.2) is 11.5 Å². The fraction of sp³-hybridized carbons (Fsp3) is 0.643. The number of imidazole rings is 1. The van der Waals surface area contributed by atoms with Gasteiger partial charge in [-0.05, 0) is 30.9 Å². The summed E-state index contributed by atoms with van der Waals surface area (Å²) in [5.41, 5.74) is 1.62. The van der Waals surface area contributed by atoms with E-state index in [4.69, 9.17) is 16.3 Å². The second-order valence-corrected chi connectivity index (χ2v) is 5.71. The van der Waals surface area contributed by atoms with Gasteiger partial charge in [0.25, 0.3) is 0 Å². The van der Waals surface area contributed by atoms with E-state index in [0.717, 1.165) is 30.9 Å². The summed E-state index contributed by atoms with van der Waals surface area (Å²) >= 11 is 6.00. The lowest BCUT2D eigenvalue weighted by atomic mass is 10.2. The Kier molecular flexibility index (Phi) is 4.55. The first kappa shape index (κ1) is 14.5. The molecule has 0 unspecified atom stereocenters. The minimum absolute atomic E-state index is 0.230. The molecule has 0 aromatic carbocycles. The van der Waals surface area contributed by atoms with E-state index in [2.05, 4.69) is 24.8 Å². The van der Waals surface area contributed by atoms with Gasteiger partial charge in [-0.1, -0.05) is 12.8 Å². The van der Waals surface area contributed by atoms with Crippen molar-refractivity contribution in [1.29, 1.82) is 0 Å². The number of methoxy groups -OCH3 is 1.